The Morgan fingerprint density at radius 3 is 2.95 bits per heavy atom. The second kappa shape index (κ2) is 6.62. The number of hydrogen-bond donors (Lipinski definition) is 2. The van der Waals surface area contributed by atoms with E-state index in [0.29, 0.717) is 39.7 Å². The number of nitrogens with two attached hydrogens (primary N) is 1. The van der Waals surface area contributed by atoms with Crippen LogP contribution in [0, 0.1) is 6.92 Å². The smallest absolute Gasteiger partial charge is 0.276 e. The number of carbonyl (C=O) groups excluding carboxylic acids is 1. The van der Waals surface area contributed by atoms with Crippen molar-refractivity contribution in [1.29, 1.82) is 0 Å². The maximum absolute atomic E-state index is 11.8. The Labute approximate surface area is 125 Å². The Kier molecular flexibility index (Phi) is 4.86. The summed E-state index contributed by atoms with van der Waals surface area (Å²) >= 11 is 7.12. The van der Waals surface area contributed by atoms with E-state index in [9.17, 15) is 4.79 Å². The van der Waals surface area contributed by atoms with Crippen LogP contribution in [0.2, 0.25) is 5.02 Å². The molecular weight excluding hydrogens is 300 g/mol. The molecule has 0 aliphatic heterocycles. The van der Waals surface area contributed by atoms with Crippen molar-refractivity contribution < 1.29 is 9.21 Å². The molecule has 3 N–H and O–H groups in total. The molecule has 0 fully saturated rings. The van der Waals surface area contributed by atoms with Crippen molar-refractivity contribution in [3.8, 4) is 0 Å². The van der Waals surface area contributed by atoms with E-state index in [1.165, 1.54) is 11.8 Å². The molecule has 2 rings (SSSR count). The highest BCUT2D eigenvalue weighted by Gasteiger charge is 2.08. The van der Waals surface area contributed by atoms with Gasteiger partial charge in [-0.2, -0.15) is 0 Å². The number of hydrogen-bond acceptors (Lipinski definition) is 6. The van der Waals surface area contributed by atoms with Crippen molar-refractivity contribution in [3.63, 3.8) is 0 Å². The highest BCUT2D eigenvalue weighted by Crippen LogP contribution is 2.23. The molecule has 0 aliphatic carbocycles. The van der Waals surface area contributed by atoms with Gasteiger partial charge in [-0.15, -0.1) is 10.2 Å². The highest BCUT2D eigenvalue weighted by molar-refractivity contribution is 7.99. The van der Waals surface area contributed by atoms with Gasteiger partial charge in [-0.05, 0) is 18.2 Å². The van der Waals surface area contributed by atoms with Gasteiger partial charge in [-0.1, -0.05) is 23.4 Å². The first-order chi connectivity index (χ1) is 9.54. The Morgan fingerprint density at radius 2 is 2.30 bits per heavy atom. The summed E-state index contributed by atoms with van der Waals surface area (Å²) in [5.74, 6) is 0.912. The maximum atomic E-state index is 11.8. The van der Waals surface area contributed by atoms with Crippen molar-refractivity contribution in [2.45, 2.75) is 18.6 Å². The molecule has 8 heteroatoms. The third-order valence-electron chi connectivity index (χ3n) is 2.35. The van der Waals surface area contributed by atoms with Crippen LogP contribution < -0.4 is 11.1 Å². The summed E-state index contributed by atoms with van der Waals surface area (Å²) in [7, 11) is 0. The minimum atomic E-state index is -0.136. The van der Waals surface area contributed by atoms with Crippen molar-refractivity contribution in [2.24, 2.45) is 0 Å². The lowest BCUT2D eigenvalue weighted by atomic mass is 10.2. The molecule has 0 radical (unpaired) electrons. The van der Waals surface area contributed by atoms with E-state index >= 15 is 0 Å². The fourth-order valence-electron chi connectivity index (χ4n) is 1.43. The second-order valence-corrected chi connectivity index (χ2v) is 5.45. The number of carbonyl (C=O) groups is 1. The lowest BCUT2D eigenvalue weighted by molar-refractivity contribution is -0.115. The van der Waals surface area contributed by atoms with E-state index in [4.69, 9.17) is 21.8 Å². The van der Waals surface area contributed by atoms with Crippen LogP contribution in [0.15, 0.2) is 27.8 Å². The normalized spacial score (nSPS) is 10.5. The molecular formula is C12H13ClN4O2S. The summed E-state index contributed by atoms with van der Waals surface area (Å²) in [5, 5.41) is 11.3. The van der Waals surface area contributed by atoms with Gasteiger partial charge in [0.15, 0.2) is 0 Å². The average Bonchev–Trinajstić information content (AvgIpc) is 2.79. The molecule has 1 aromatic carbocycles. The van der Waals surface area contributed by atoms with E-state index < -0.39 is 0 Å². The summed E-state index contributed by atoms with van der Waals surface area (Å²) in [6, 6.07) is 4.93. The van der Waals surface area contributed by atoms with Gasteiger partial charge in [0.05, 0.1) is 11.4 Å². The quantitative estimate of drug-likeness (QED) is 0.651. The van der Waals surface area contributed by atoms with Crippen molar-refractivity contribution in [2.75, 3.05) is 16.8 Å². The lowest BCUT2D eigenvalue weighted by Crippen LogP contribution is -2.13. The number of aryl methyl sites for hydroxylation is 1. The number of rotatable bonds is 5. The molecule has 0 atom stereocenters. The van der Waals surface area contributed by atoms with Crippen molar-refractivity contribution in [3.05, 3.63) is 29.1 Å². The number of amides is 1. The highest BCUT2D eigenvalue weighted by atomic mass is 35.5. The molecule has 0 spiro atoms. The van der Waals surface area contributed by atoms with Crippen LogP contribution in [-0.2, 0) is 4.79 Å². The monoisotopic (exact) mass is 312 g/mol. The Hall–Kier alpha value is -1.73. The number of halogens is 1. The van der Waals surface area contributed by atoms with Gasteiger partial charge in [-0.3, -0.25) is 4.79 Å². The van der Waals surface area contributed by atoms with Crippen LogP contribution in [0.5, 0.6) is 0 Å². The topological polar surface area (TPSA) is 94.0 Å². The van der Waals surface area contributed by atoms with Gasteiger partial charge in [0.2, 0.25) is 11.8 Å². The molecule has 1 heterocycles. The summed E-state index contributed by atoms with van der Waals surface area (Å²) in [6.45, 7) is 1.72. The van der Waals surface area contributed by atoms with E-state index in [2.05, 4.69) is 15.5 Å². The zero-order valence-corrected chi connectivity index (χ0v) is 12.3. The summed E-state index contributed by atoms with van der Waals surface area (Å²) < 4.78 is 5.19. The predicted molar refractivity (Wildman–Crippen MR) is 78.9 cm³/mol. The predicted octanol–water partition coefficient (Wildman–Crippen LogP) is 2.73. The van der Waals surface area contributed by atoms with Crippen LogP contribution in [0.1, 0.15) is 12.3 Å². The third kappa shape index (κ3) is 4.14. The van der Waals surface area contributed by atoms with Gasteiger partial charge in [0, 0.05) is 24.1 Å². The Bertz CT molecular complexity index is 617. The first kappa shape index (κ1) is 14.7. The zero-order chi connectivity index (χ0) is 14.5. The SMILES string of the molecule is Cc1nnc(SCCC(=O)Nc2ccc(Cl)cc2N)o1. The largest absolute Gasteiger partial charge is 0.416 e. The second-order valence-electron chi connectivity index (χ2n) is 3.97. The number of anilines is 2. The molecule has 1 amide bonds. The van der Waals surface area contributed by atoms with Gasteiger partial charge in [0.25, 0.3) is 5.22 Å². The summed E-state index contributed by atoms with van der Waals surface area (Å²) in [5.41, 5.74) is 6.74. The van der Waals surface area contributed by atoms with Crippen molar-refractivity contribution >= 4 is 40.6 Å². The molecule has 0 bridgehead atoms. The minimum Gasteiger partial charge on any atom is -0.416 e. The first-order valence-corrected chi connectivity index (χ1v) is 7.19. The van der Waals surface area contributed by atoms with Crippen LogP contribution >= 0.6 is 23.4 Å². The third-order valence-corrected chi connectivity index (χ3v) is 3.41. The summed E-state index contributed by atoms with van der Waals surface area (Å²) in [4.78, 5) is 11.8. The van der Waals surface area contributed by atoms with Crippen LogP contribution in [-0.4, -0.2) is 21.9 Å². The van der Waals surface area contributed by atoms with Gasteiger partial charge in [-0.25, -0.2) is 0 Å². The maximum Gasteiger partial charge on any atom is 0.276 e. The molecule has 1 aromatic heterocycles. The van der Waals surface area contributed by atoms with Crippen LogP contribution in [0.3, 0.4) is 0 Å². The standard InChI is InChI=1S/C12H13ClN4O2S/c1-7-16-17-12(19-7)20-5-4-11(18)15-10-3-2-8(13)6-9(10)14/h2-3,6H,4-5,14H2,1H3,(H,15,18). The number of nitrogens with one attached hydrogen (secondary N) is 1. The van der Waals surface area contributed by atoms with E-state index in [0.717, 1.165) is 0 Å². The zero-order valence-electron chi connectivity index (χ0n) is 10.7. The van der Waals surface area contributed by atoms with Gasteiger partial charge >= 0.3 is 0 Å². The Balaban J connectivity index is 1.80. The number of benzene rings is 1. The first-order valence-electron chi connectivity index (χ1n) is 5.82. The number of nitrogen functional groups attached to an aromatic ring is 1. The van der Waals surface area contributed by atoms with Crippen molar-refractivity contribution in [1.82, 2.24) is 10.2 Å². The fraction of sp³-hybridized carbons (Fsp3) is 0.250. The van der Waals surface area contributed by atoms with Crippen LogP contribution in [0.25, 0.3) is 0 Å². The molecule has 0 unspecified atom stereocenters. The molecule has 106 valence electrons. The number of thioether (sulfide) groups is 1. The van der Waals surface area contributed by atoms with Gasteiger partial charge in [0.1, 0.15) is 0 Å². The molecule has 0 saturated heterocycles. The average molecular weight is 313 g/mol. The molecule has 2 aromatic rings. The molecule has 20 heavy (non-hydrogen) atoms. The van der Waals surface area contributed by atoms with E-state index in [-0.39, 0.29) is 5.91 Å². The minimum absolute atomic E-state index is 0.136. The van der Waals surface area contributed by atoms with E-state index in [1.807, 2.05) is 0 Å². The molecule has 6 nitrogen and oxygen atoms in total. The molecule has 0 aliphatic rings. The molecule has 0 saturated carbocycles. The number of nitrogens with zero attached hydrogens (tertiary/aromatic N) is 2. The van der Waals surface area contributed by atoms with E-state index in [1.54, 1.807) is 25.1 Å². The fourth-order valence-corrected chi connectivity index (χ4v) is 2.35. The lowest BCUT2D eigenvalue weighted by Gasteiger charge is -2.07. The van der Waals surface area contributed by atoms with Crippen LogP contribution in [0.4, 0.5) is 11.4 Å². The Morgan fingerprint density at radius 1 is 1.50 bits per heavy atom. The number of aromatic nitrogens is 2. The summed E-state index contributed by atoms with van der Waals surface area (Å²) in [6.07, 6.45) is 0.314. The van der Waals surface area contributed by atoms with Gasteiger partial charge < -0.3 is 15.5 Å².